The van der Waals surface area contributed by atoms with Gasteiger partial charge in [0.2, 0.25) is 0 Å². The van der Waals surface area contributed by atoms with Crippen LogP contribution in [0, 0.1) is 0 Å². The SMILES string of the molecule is CC1Cc2cc(-c3cnc(C(=O)NC4CCNCC4)cn3)ccc2O1. The summed E-state index contributed by atoms with van der Waals surface area (Å²) >= 11 is 0. The maximum Gasteiger partial charge on any atom is 0.271 e. The molecule has 1 saturated heterocycles. The van der Waals surface area contributed by atoms with Crippen LogP contribution in [0.15, 0.2) is 30.6 Å². The molecule has 130 valence electrons. The fraction of sp³-hybridized carbons (Fsp3) is 0.421. The number of rotatable bonds is 3. The number of hydrogen-bond acceptors (Lipinski definition) is 5. The molecule has 0 bridgehead atoms. The van der Waals surface area contributed by atoms with Crippen LogP contribution >= 0.6 is 0 Å². The fourth-order valence-electron chi connectivity index (χ4n) is 3.40. The monoisotopic (exact) mass is 338 g/mol. The number of ether oxygens (including phenoxy) is 1. The Hall–Kier alpha value is -2.47. The largest absolute Gasteiger partial charge is 0.490 e. The van der Waals surface area contributed by atoms with E-state index >= 15 is 0 Å². The van der Waals surface area contributed by atoms with Crippen molar-refractivity contribution in [2.75, 3.05) is 13.1 Å². The van der Waals surface area contributed by atoms with E-state index in [1.165, 1.54) is 5.56 Å². The summed E-state index contributed by atoms with van der Waals surface area (Å²) in [6.45, 7) is 3.95. The van der Waals surface area contributed by atoms with Gasteiger partial charge in [-0.2, -0.15) is 0 Å². The number of hydrogen-bond donors (Lipinski definition) is 2. The van der Waals surface area contributed by atoms with Crippen LogP contribution in [0.25, 0.3) is 11.3 Å². The molecular formula is C19H22N4O2. The Balaban J connectivity index is 1.46. The molecule has 1 fully saturated rings. The average Bonchev–Trinajstić information content (AvgIpc) is 3.02. The van der Waals surface area contributed by atoms with Crippen molar-refractivity contribution >= 4 is 5.91 Å². The number of nitrogens with one attached hydrogen (secondary N) is 2. The van der Waals surface area contributed by atoms with E-state index in [0.717, 1.165) is 49.4 Å². The molecule has 1 atom stereocenters. The van der Waals surface area contributed by atoms with Crippen LogP contribution in [-0.2, 0) is 6.42 Å². The first-order valence-corrected chi connectivity index (χ1v) is 8.82. The topological polar surface area (TPSA) is 76.1 Å². The molecule has 1 unspecified atom stereocenters. The second-order valence-electron chi connectivity index (χ2n) is 6.74. The van der Waals surface area contributed by atoms with Gasteiger partial charge in [-0.15, -0.1) is 0 Å². The Morgan fingerprint density at radius 3 is 2.84 bits per heavy atom. The number of aromatic nitrogens is 2. The van der Waals surface area contributed by atoms with Crippen molar-refractivity contribution < 1.29 is 9.53 Å². The Morgan fingerprint density at radius 1 is 1.24 bits per heavy atom. The van der Waals surface area contributed by atoms with Crippen molar-refractivity contribution in [1.29, 1.82) is 0 Å². The molecule has 2 N–H and O–H groups in total. The first-order valence-electron chi connectivity index (χ1n) is 8.82. The second-order valence-corrected chi connectivity index (χ2v) is 6.74. The highest BCUT2D eigenvalue weighted by atomic mass is 16.5. The third-order valence-electron chi connectivity index (χ3n) is 4.75. The highest BCUT2D eigenvalue weighted by Gasteiger charge is 2.20. The molecule has 2 aliphatic heterocycles. The minimum Gasteiger partial charge on any atom is -0.490 e. The highest BCUT2D eigenvalue weighted by molar-refractivity contribution is 5.92. The Kier molecular flexibility index (Phi) is 4.36. The van der Waals surface area contributed by atoms with E-state index in [1.54, 1.807) is 12.4 Å². The molecule has 0 radical (unpaired) electrons. The smallest absolute Gasteiger partial charge is 0.271 e. The van der Waals surface area contributed by atoms with E-state index in [2.05, 4.69) is 33.6 Å². The average molecular weight is 338 g/mol. The molecule has 0 spiro atoms. The zero-order valence-electron chi connectivity index (χ0n) is 14.3. The first-order chi connectivity index (χ1) is 12.2. The molecule has 1 amide bonds. The van der Waals surface area contributed by atoms with Crippen LogP contribution in [0.3, 0.4) is 0 Å². The van der Waals surface area contributed by atoms with Gasteiger partial charge in [0.15, 0.2) is 0 Å². The van der Waals surface area contributed by atoms with E-state index in [1.807, 2.05) is 12.1 Å². The Labute approximate surface area is 147 Å². The van der Waals surface area contributed by atoms with Gasteiger partial charge in [0.25, 0.3) is 5.91 Å². The van der Waals surface area contributed by atoms with Gasteiger partial charge >= 0.3 is 0 Å². The summed E-state index contributed by atoms with van der Waals surface area (Å²) in [5.74, 6) is 0.796. The summed E-state index contributed by atoms with van der Waals surface area (Å²) in [6.07, 6.45) is 6.25. The predicted molar refractivity (Wildman–Crippen MR) is 94.6 cm³/mol. The lowest BCUT2D eigenvalue weighted by Gasteiger charge is -2.23. The summed E-state index contributed by atoms with van der Waals surface area (Å²) < 4.78 is 5.73. The molecule has 2 aromatic rings. The van der Waals surface area contributed by atoms with Crippen molar-refractivity contribution in [2.45, 2.75) is 38.3 Å². The zero-order chi connectivity index (χ0) is 17.2. The molecule has 1 aromatic carbocycles. The van der Waals surface area contributed by atoms with Crippen LogP contribution in [0.4, 0.5) is 0 Å². The molecule has 2 aliphatic rings. The van der Waals surface area contributed by atoms with E-state index in [0.29, 0.717) is 5.69 Å². The second kappa shape index (κ2) is 6.80. The van der Waals surface area contributed by atoms with E-state index in [9.17, 15) is 4.79 Å². The number of benzene rings is 1. The third kappa shape index (κ3) is 3.49. The Bertz CT molecular complexity index is 769. The summed E-state index contributed by atoms with van der Waals surface area (Å²) in [5.41, 5.74) is 3.31. The number of nitrogens with zero attached hydrogens (tertiary/aromatic N) is 2. The third-order valence-corrected chi connectivity index (χ3v) is 4.75. The van der Waals surface area contributed by atoms with Crippen LogP contribution in [-0.4, -0.2) is 41.1 Å². The molecule has 6 nitrogen and oxygen atoms in total. The zero-order valence-corrected chi connectivity index (χ0v) is 14.3. The van der Waals surface area contributed by atoms with Crippen molar-refractivity contribution in [2.24, 2.45) is 0 Å². The fourth-order valence-corrected chi connectivity index (χ4v) is 3.40. The molecule has 25 heavy (non-hydrogen) atoms. The lowest BCUT2D eigenvalue weighted by molar-refractivity contribution is 0.0924. The predicted octanol–water partition coefficient (Wildman–Crippen LogP) is 1.95. The number of amides is 1. The van der Waals surface area contributed by atoms with Gasteiger partial charge in [-0.3, -0.25) is 9.78 Å². The van der Waals surface area contributed by atoms with Crippen LogP contribution in [0.1, 0.15) is 35.8 Å². The minimum absolute atomic E-state index is 0.151. The molecule has 3 heterocycles. The van der Waals surface area contributed by atoms with Crippen LogP contribution in [0.2, 0.25) is 0 Å². The van der Waals surface area contributed by atoms with E-state index < -0.39 is 0 Å². The normalized spacial score (nSPS) is 20.0. The van der Waals surface area contributed by atoms with Gasteiger partial charge in [0.05, 0.1) is 18.1 Å². The molecule has 6 heteroatoms. The van der Waals surface area contributed by atoms with Crippen molar-refractivity contribution in [3.8, 4) is 17.0 Å². The van der Waals surface area contributed by atoms with Gasteiger partial charge in [-0.1, -0.05) is 0 Å². The van der Waals surface area contributed by atoms with E-state index in [-0.39, 0.29) is 18.1 Å². The van der Waals surface area contributed by atoms with Gasteiger partial charge in [-0.25, -0.2) is 4.98 Å². The summed E-state index contributed by atoms with van der Waals surface area (Å²) in [7, 11) is 0. The van der Waals surface area contributed by atoms with Crippen LogP contribution in [0.5, 0.6) is 5.75 Å². The standard InChI is InChI=1S/C19H22N4O2/c1-12-8-14-9-13(2-3-18(14)25-12)16-10-22-17(11-21-16)19(24)23-15-4-6-20-7-5-15/h2-3,9-12,15,20H,4-8H2,1H3,(H,23,24). The lowest BCUT2D eigenvalue weighted by Crippen LogP contribution is -2.42. The van der Waals surface area contributed by atoms with Crippen molar-refractivity contribution in [1.82, 2.24) is 20.6 Å². The van der Waals surface area contributed by atoms with Gasteiger partial charge in [0.1, 0.15) is 17.5 Å². The summed E-state index contributed by atoms with van der Waals surface area (Å²) in [6, 6.07) is 6.27. The number of piperidine rings is 1. The Morgan fingerprint density at radius 2 is 2.08 bits per heavy atom. The number of fused-ring (bicyclic) bond motifs is 1. The quantitative estimate of drug-likeness (QED) is 0.895. The van der Waals surface area contributed by atoms with Crippen molar-refractivity contribution in [3.63, 3.8) is 0 Å². The van der Waals surface area contributed by atoms with Gasteiger partial charge in [0, 0.05) is 18.0 Å². The van der Waals surface area contributed by atoms with Gasteiger partial charge < -0.3 is 15.4 Å². The number of carbonyl (C=O) groups is 1. The maximum absolute atomic E-state index is 12.3. The lowest BCUT2D eigenvalue weighted by atomic mass is 10.1. The first kappa shape index (κ1) is 16.0. The van der Waals surface area contributed by atoms with E-state index in [4.69, 9.17) is 4.74 Å². The summed E-state index contributed by atoms with van der Waals surface area (Å²) in [4.78, 5) is 21.0. The molecule has 4 rings (SSSR count). The molecule has 1 aromatic heterocycles. The minimum atomic E-state index is -0.151. The van der Waals surface area contributed by atoms with Crippen LogP contribution < -0.4 is 15.4 Å². The van der Waals surface area contributed by atoms with Crippen molar-refractivity contribution in [3.05, 3.63) is 41.9 Å². The maximum atomic E-state index is 12.3. The molecule has 0 saturated carbocycles. The molecular weight excluding hydrogens is 316 g/mol. The van der Waals surface area contributed by atoms with Gasteiger partial charge in [-0.05, 0) is 56.6 Å². The molecule has 0 aliphatic carbocycles. The number of carbonyl (C=O) groups excluding carboxylic acids is 1. The highest BCUT2D eigenvalue weighted by Crippen LogP contribution is 2.32. The summed E-state index contributed by atoms with van der Waals surface area (Å²) in [5, 5.41) is 6.32.